The van der Waals surface area contributed by atoms with Crippen LogP contribution in [0.1, 0.15) is 34.9 Å². The summed E-state index contributed by atoms with van der Waals surface area (Å²) in [5, 5.41) is 3.26. The summed E-state index contributed by atoms with van der Waals surface area (Å²) >= 11 is 0. The lowest BCUT2D eigenvalue weighted by Crippen LogP contribution is -2.26. The highest BCUT2D eigenvalue weighted by atomic mass is 16.1. The predicted molar refractivity (Wildman–Crippen MR) is 78.3 cm³/mol. The molecule has 2 heterocycles. The quantitative estimate of drug-likeness (QED) is 0.831. The van der Waals surface area contributed by atoms with E-state index in [9.17, 15) is 4.79 Å². The normalized spacial score (nSPS) is 17.4. The average molecular weight is 267 g/mol. The van der Waals surface area contributed by atoms with E-state index < -0.39 is 0 Å². The number of fused-ring (bicyclic) bond motifs is 2. The first-order valence-corrected chi connectivity index (χ1v) is 7.25. The Labute approximate surface area is 117 Å². The van der Waals surface area contributed by atoms with Gasteiger partial charge in [-0.05, 0) is 36.8 Å². The second-order valence-electron chi connectivity index (χ2n) is 5.68. The number of aromatic nitrogens is 2. The number of hydrogen-bond donors (Lipinski definition) is 2. The molecule has 0 radical (unpaired) electrons. The van der Waals surface area contributed by atoms with Crippen molar-refractivity contribution in [2.24, 2.45) is 0 Å². The summed E-state index contributed by atoms with van der Waals surface area (Å²) in [6.07, 6.45) is 3.78. The molecular formula is C16H17N3O. The molecule has 4 heteroatoms. The van der Waals surface area contributed by atoms with Crippen LogP contribution in [0.15, 0.2) is 29.1 Å². The number of nitrogens with zero attached hydrogens (tertiary/aromatic N) is 1. The van der Waals surface area contributed by atoms with Crippen LogP contribution in [-0.2, 0) is 19.3 Å². The average Bonchev–Trinajstić information content (AvgIpc) is 2.91. The van der Waals surface area contributed by atoms with Crippen LogP contribution in [0, 0.1) is 0 Å². The number of anilines is 1. The maximum absolute atomic E-state index is 12.2. The molecule has 2 aromatic rings. The molecule has 4 rings (SSSR count). The van der Waals surface area contributed by atoms with Gasteiger partial charge in [-0.1, -0.05) is 24.3 Å². The van der Waals surface area contributed by atoms with Crippen LogP contribution >= 0.6 is 0 Å². The van der Waals surface area contributed by atoms with Crippen LogP contribution in [0.3, 0.4) is 0 Å². The Morgan fingerprint density at radius 1 is 1.15 bits per heavy atom. The van der Waals surface area contributed by atoms with Crippen molar-refractivity contribution in [3.8, 4) is 0 Å². The van der Waals surface area contributed by atoms with Crippen molar-refractivity contribution < 1.29 is 0 Å². The third-order valence-corrected chi connectivity index (χ3v) is 4.37. The first-order chi connectivity index (χ1) is 9.81. The number of nitrogens with one attached hydrogen (secondary N) is 2. The van der Waals surface area contributed by atoms with Crippen molar-refractivity contribution in [2.75, 3.05) is 11.9 Å². The molecule has 1 aliphatic carbocycles. The highest BCUT2D eigenvalue weighted by Gasteiger charge is 2.26. The van der Waals surface area contributed by atoms with Gasteiger partial charge in [0.15, 0.2) is 0 Å². The van der Waals surface area contributed by atoms with Crippen molar-refractivity contribution in [3.63, 3.8) is 0 Å². The fourth-order valence-electron chi connectivity index (χ4n) is 3.31. The SMILES string of the molecule is O=c1[nH]c(C2Cc3ccccc3C2)nc2c1CCCN2. The Kier molecular flexibility index (Phi) is 2.62. The Balaban J connectivity index is 1.71. The molecule has 0 saturated carbocycles. The molecule has 0 fully saturated rings. The van der Waals surface area contributed by atoms with Crippen molar-refractivity contribution in [1.29, 1.82) is 0 Å². The zero-order valence-electron chi connectivity index (χ0n) is 11.3. The Morgan fingerprint density at radius 2 is 1.90 bits per heavy atom. The van der Waals surface area contributed by atoms with E-state index in [1.807, 2.05) is 0 Å². The fourth-order valence-corrected chi connectivity index (χ4v) is 3.31. The smallest absolute Gasteiger partial charge is 0.256 e. The summed E-state index contributed by atoms with van der Waals surface area (Å²) in [4.78, 5) is 19.9. The molecular weight excluding hydrogens is 250 g/mol. The second kappa shape index (κ2) is 4.47. The monoisotopic (exact) mass is 267 g/mol. The minimum atomic E-state index is 0.0353. The van der Waals surface area contributed by atoms with Gasteiger partial charge >= 0.3 is 0 Å². The second-order valence-corrected chi connectivity index (χ2v) is 5.68. The number of hydrogen-bond acceptors (Lipinski definition) is 3. The van der Waals surface area contributed by atoms with Gasteiger partial charge in [0.2, 0.25) is 0 Å². The van der Waals surface area contributed by atoms with Crippen LogP contribution < -0.4 is 10.9 Å². The largest absolute Gasteiger partial charge is 0.370 e. The van der Waals surface area contributed by atoms with Gasteiger partial charge in [0.05, 0.1) is 5.56 Å². The molecule has 102 valence electrons. The first kappa shape index (κ1) is 11.7. The zero-order valence-corrected chi connectivity index (χ0v) is 11.3. The van der Waals surface area contributed by atoms with Crippen molar-refractivity contribution in [2.45, 2.75) is 31.6 Å². The number of benzene rings is 1. The van der Waals surface area contributed by atoms with Gasteiger partial charge in [0, 0.05) is 12.5 Å². The van der Waals surface area contributed by atoms with E-state index in [0.717, 1.165) is 49.4 Å². The van der Waals surface area contributed by atoms with E-state index in [1.54, 1.807) is 0 Å². The van der Waals surface area contributed by atoms with Gasteiger partial charge in [0.1, 0.15) is 11.6 Å². The third-order valence-electron chi connectivity index (χ3n) is 4.37. The van der Waals surface area contributed by atoms with Gasteiger partial charge in [-0.2, -0.15) is 0 Å². The Bertz CT molecular complexity index is 695. The number of rotatable bonds is 1. The maximum atomic E-state index is 12.2. The molecule has 20 heavy (non-hydrogen) atoms. The van der Waals surface area contributed by atoms with E-state index >= 15 is 0 Å². The van der Waals surface area contributed by atoms with Gasteiger partial charge in [-0.3, -0.25) is 4.79 Å². The zero-order chi connectivity index (χ0) is 13.5. The molecule has 1 aromatic carbocycles. The molecule has 0 spiro atoms. The summed E-state index contributed by atoms with van der Waals surface area (Å²) in [6.45, 7) is 0.911. The van der Waals surface area contributed by atoms with Crippen LogP contribution in [0.2, 0.25) is 0 Å². The summed E-state index contributed by atoms with van der Waals surface area (Å²) in [5.74, 6) is 1.93. The lowest BCUT2D eigenvalue weighted by Gasteiger charge is -2.18. The highest BCUT2D eigenvalue weighted by molar-refractivity contribution is 5.46. The molecule has 0 saturated heterocycles. The molecule has 0 unspecified atom stereocenters. The first-order valence-electron chi connectivity index (χ1n) is 7.25. The molecule has 4 nitrogen and oxygen atoms in total. The summed E-state index contributed by atoms with van der Waals surface area (Å²) in [5.41, 5.74) is 3.61. The van der Waals surface area contributed by atoms with Crippen LogP contribution in [0.5, 0.6) is 0 Å². The molecule has 0 bridgehead atoms. The van der Waals surface area contributed by atoms with Crippen LogP contribution in [-0.4, -0.2) is 16.5 Å². The summed E-state index contributed by atoms with van der Waals surface area (Å²) in [6, 6.07) is 8.49. The van der Waals surface area contributed by atoms with Gasteiger partial charge in [0.25, 0.3) is 5.56 Å². The lowest BCUT2D eigenvalue weighted by atomic mass is 10.0. The van der Waals surface area contributed by atoms with E-state index in [2.05, 4.69) is 39.6 Å². The lowest BCUT2D eigenvalue weighted by molar-refractivity contribution is 0.667. The highest BCUT2D eigenvalue weighted by Crippen LogP contribution is 2.32. The Morgan fingerprint density at radius 3 is 2.65 bits per heavy atom. The third kappa shape index (κ3) is 1.83. The van der Waals surface area contributed by atoms with Crippen molar-refractivity contribution in [1.82, 2.24) is 9.97 Å². The van der Waals surface area contributed by atoms with E-state index in [1.165, 1.54) is 11.1 Å². The summed E-state index contributed by atoms with van der Waals surface area (Å²) < 4.78 is 0. The van der Waals surface area contributed by atoms with Crippen molar-refractivity contribution in [3.05, 3.63) is 57.1 Å². The number of H-pyrrole nitrogens is 1. The number of aromatic amines is 1. The van der Waals surface area contributed by atoms with Crippen LogP contribution in [0.4, 0.5) is 5.82 Å². The van der Waals surface area contributed by atoms with Gasteiger partial charge in [-0.15, -0.1) is 0 Å². The van der Waals surface area contributed by atoms with Gasteiger partial charge < -0.3 is 10.3 Å². The predicted octanol–water partition coefficient (Wildman–Crippen LogP) is 2.01. The van der Waals surface area contributed by atoms with E-state index in [4.69, 9.17) is 0 Å². The van der Waals surface area contributed by atoms with Gasteiger partial charge in [-0.25, -0.2) is 4.98 Å². The molecule has 0 atom stereocenters. The summed E-state index contributed by atoms with van der Waals surface area (Å²) in [7, 11) is 0. The standard InChI is InChI=1S/C16H17N3O/c20-16-13-6-3-7-17-15(13)18-14(19-16)12-8-10-4-1-2-5-11(10)9-12/h1-2,4-5,12H,3,6-9H2,(H2,17,18,19,20). The molecule has 2 N–H and O–H groups in total. The minimum absolute atomic E-state index is 0.0353. The topological polar surface area (TPSA) is 57.8 Å². The minimum Gasteiger partial charge on any atom is -0.370 e. The molecule has 1 aliphatic heterocycles. The van der Waals surface area contributed by atoms with Crippen molar-refractivity contribution >= 4 is 5.82 Å². The van der Waals surface area contributed by atoms with E-state index in [-0.39, 0.29) is 5.56 Å². The molecule has 0 amide bonds. The molecule has 2 aliphatic rings. The van der Waals surface area contributed by atoms with E-state index in [0.29, 0.717) is 5.92 Å². The Hall–Kier alpha value is -2.10. The maximum Gasteiger partial charge on any atom is 0.256 e. The van der Waals surface area contributed by atoms with Crippen LogP contribution in [0.25, 0.3) is 0 Å². The molecule has 1 aromatic heterocycles. The fraction of sp³-hybridized carbons (Fsp3) is 0.375.